The minimum atomic E-state index is -4.93. The van der Waals surface area contributed by atoms with E-state index in [-0.39, 0.29) is 64.1 Å². The first-order valence-electron chi connectivity index (χ1n) is 18.6. The van der Waals surface area contributed by atoms with Gasteiger partial charge in [0.1, 0.15) is 22.1 Å². The molecule has 2 aliphatic rings. The number of pyridine rings is 1. The van der Waals surface area contributed by atoms with Crippen molar-refractivity contribution in [1.29, 1.82) is 5.26 Å². The first-order chi connectivity index (χ1) is 26.8. The second-order valence-electron chi connectivity index (χ2n) is 15.1. The number of carboxylic acids is 1. The number of carbonyl (C=O) groups excluding carboxylic acids is 2. The molecule has 2 aromatic heterocycles. The summed E-state index contributed by atoms with van der Waals surface area (Å²) in [7, 11) is 0. The number of likely N-dealkylation sites (tertiary alicyclic amines) is 2. The number of aromatic nitrogens is 1. The van der Waals surface area contributed by atoms with Crippen LogP contribution in [0.25, 0.3) is 0 Å². The molecule has 2 saturated heterocycles. The van der Waals surface area contributed by atoms with E-state index in [9.17, 15) is 46.3 Å². The maximum absolute atomic E-state index is 15.0. The molecule has 2 aliphatic heterocycles. The Hall–Kier alpha value is -4.85. The zero-order valence-electron chi connectivity index (χ0n) is 31.7. The number of hydrogen-bond acceptors (Lipinski definition) is 8. The normalized spacial score (nSPS) is 20.1. The Morgan fingerprint density at radius 1 is 1.02 bits per heavy atom. The Balaban J connectivity index is 1.47. The third kappa shape index (κ3) is 9.16. The third-order valence-corrected chi connectivity index (χ3v) is 11.8. The van der Waals surface area contributed by atoms with Gasteiger partial charge in [0.25, 0.3) is 11.8 Å². The van der Waals surface area contributed by atoms with E-state index < -0.39 is 68.7 Å². The fourth-order valence-electron chi connectivity index (χ4n) is 7.67. The SMILES string of the molecule is CCCC1N(C(=O)c2ncccc2C(F)(F)F)CCCC1(Oc1csc(C(F)(F)F)c1)C(=O)N1CCC(C#N)(c2ccccc2OCCCC(C)(C)C(=O)O)CC1. The van der Waals surface area contributed by atoms with Crippen molar-refractivity contribution in [1.82, 2.24) is 14.8 Å². The lowest BCUT2D eigenvalue weighted by atomic mass is 9.72. The first kappa shape index (κ1) is 43.3. The Morgan fingerprint density at radius 3 is 2.33 bits per heavy atom. The number of amides is 2. The largest absolute Gasteiger partial charge is 0.493 e. The summed E-state index contributed by atoms with van der Waals surface area (Å²) >= 11 is 0.361. The van der Waals surface area contributed by atoms with Crippen molar-refractivity contribution in [3.63, 3.8) is 0 Å². The van der Waals surface area contributed by atoms with Gasteiger partial charge in [-0.2, -0.15) is 31.6 Å². The van der Waals surface area contributed by atoms with E-state index in [0.29, 0.717) is 41.9 Å². The zero-order chi connectivity index (χ0) is 41.8. The molecule has 0 aliphatic carbocycles. The van der Waals surface area contributed by atoms with Crippen LogP contribution in [0.5, 0.6) is 11.5 Å². The standard InChI is InChI=1S/C40H44F6N4O6S/c1-4-10-30-38(56-26-23-31(57-24-26)40(44,45)46,15-8-19-50(30)33(51)32-28(39(41,42)43)12-7-18-48-32)34(52)49-20-16-37(25-47,17-21-49)27-11-5-6-13-29(27)55-22-9-14-36(2,3)35(53)54/h5-7,11-13,18,23-24,30H,4,8-10,14-17,19-22H2,1-3H3,(H,53,54). The summed E-state index contributed by atoms with van der Waals surface area (Å²) in [5.74, 6) is -2.52. The number of carbonyl (C=O) groups is 3. The molecule has 4 heterocycles. The Bertz CT molecular complexity index is 1970. The molecule has 2 unspecified atom stereocenters. The van der Waals surface area contributed by atoms with Crippen LogP contribution in [-0.4, -0.2) is 75.6 Å². The summed E-state index contributed by atoms with van der Waals surface area (Å²) in [5.41, 5.74) is -5.63. The van der Waals surface area contributed by atoms with Crippen LogP contribution in [0.2, 0.25) is 0 Å². The number of piperidine rings is 2. The molecule has 1 aromatic carbocycles. The molecule has 1 N–H and O–H groups in total. The molecule has 0 spiro atoms. The van der Waals surface area contributed by atoms with E-state index in [4.69, 9.17) is 9.47 Å². The molecular weight excluding hydrogens is 779 g/mol. The van der Waals surface area contributed by atoms with E-state index in [1.54, 1.807) is 45.0 Å². The number of benzene rings is 1. The van der Waals surface area contributed by atoms with Crippen molar-refractivity contribution in [3.05, 3.63) is 75.7 Å². The van der Waals surface area contributed by atoms with Crippen LogP contribution in [0.3, 0.4) is 0 Å². The van der Waals surface area contributed by atoms with E-state index in [0.717, 1.165) is 34.7 Å². The van der Waals surface area contributed by atoms with Gasteiger partial charge in [-0.05, 0) is 70.6 Å². The van der Waals surface area contributed by atoms with Crippen LogP contribution in [0.1, 0.15) is 98.6 Å². The molecule has 10 nitrogen and oxygen atoms in total. The summed E-state index contributed by atoms with van der Waals surface area (Å²) in [6.07, 6.45) is -7.13. The van der Waals surface area contributed by atoms with Gasteiger partial charge < -0.3 is 24.4 Å². The molecule has 57 heavy (non-hydrogen) atoms. The van der Waals surface area contributed by atoms with Gasteiger partial charge in [0.15, 0.2) is 0 Å². The molecule has 3 aromatic rings. The predicted molar refractivity (Wildman–Crippen MR) is 197 cm³/mol. The van der Waals surface area contributed by atoms with Crippen molar-refractivity contribution in [3.8, 4) is 17.6 Å². The number of nitrogens with zero attached hydrogens (tertiary/aromatic N) is 4. The smallest absolute Gasteiger partial charge is 0.425 e. The van der Waals surface area contributed by atoms with Gasteiger partial charge in [0.05, 0.1) is 35.1 Å². The van der Waals surface area contributed by atoms with E-state index in [1.165, 1.54) is 4.90 Å². The Kier molecular flexibility index (Phi) is 12.9. The number of aliphatic carboxylic acids is 1. The third-order valence-electron chi connectivity index (χ3n) is 10.8. The van der Waals surface area contributed by atoms with Crippen LogP contribution in [-0.2, 0) is 27.4 Å². The molecule has 17 heteroatoms. The lowest BCUT2D eigenvalue weighted by molar-refractivity contribution is -0.160. The van der Waals surface area contributed by atoms with Gasteiger partial charge in [-0.1, -0.05) is 31.5 Å². The van der Waals surface area contributed by atoms with Crippen LogP contribution in [0.4, 0.5) is 26.3 Å². The zero-order valence-corrected chi connectivity index (χ0v) is 32.5. The number of carboxylic acid groups (broad SMARTS) is 1. The van der Waals surface area contributed by atoms with Crippen LogP contribution >= 0.6 is 11.3 Å². The van der Waals surface area contributed by atoms with Gasteiger partial charge in [-0.15, -0.1) is 11.3 Å². The van der Waals surface area contributed by atoms with Gasteiger partial charge >= 0.3 is 18.3 Å². The van der Waals surface area contributed by atoms with Crippen molar-refractivity contribution in [2.45, 2.75) is 102 Å². The Labute approximate surface area is 330 Å². The quantitative estimate of drug-likeness (QED) is 0.134. The highest BCUT2D eigenvalue weighted by Crippen LogP contribution is 2.45. The summed E-state index contributed by atoms with van der Waals surface area (Å²) in [5, 5.41) is 21.2. The number of alkyl halides is 6. The number of hydrogen-bond donors (Lipinski definition) is 1. The number of thiophene rings is 1. The lowest BCUT2D eigenvalue weighted by Crippen LogP contribution is -2.68. The van der Waals surface area contributed by atoms with E-state index in [2.05, 4.69) is 11.1 Å². The molecule has 0 saturated carbocycles. The number of halogens is 6. The second kappa shape index (κ2) is 16.9. The maximum Gasteiger partial charge on any atom is 0.425 e. The highest BCUT2D eigenvalue weighted by atomic mass is 32.1. The summed E-state index contributed by atoms with van der Waals surface area (Å²) in [6, 6.07) is 10.7. The maximum atomic E-state index is 15.0. The fraction of sp³-hybridized carbons (Fsp3) is 0.525. The highest BCUT2D eigenvalue weighted by molar-refractivity contribution is 7.10. The van der Waals surface area contributed by atoms with Crippen molar-refractivity contribution in [2.75, 3.05) is 26.2 Å². The van der Waals surface area contributed by atoms with Gasteiger partial charge in [0.2, 0.25) is 5.60 Å². The van der Waals surface area contributed by atoms with Gasteiger partial charge in [-0.3, -0.25) is 19.4 Å². The first-order valence-corrected chi connectivity index (χ1v) is 19.5. The average Bonchev–Trinajstić information content (AvgIpc) is 3.66. The average molecular weight is 823 g/mol. The number of ether oxygens (including phenoxy) is 2. The van der Waals surface area contributed by atoms with Crippen molar-refractivity contribution >= 4 is 29.1 Å². The highest BCUT2D eigenvalue weighted by Gasteiger charge is 2.57. The minimum absolute atomic E-state index is 0.00132. The van der Waals surface area contributed by atoms with Crippen LogP contribution < -0.4 is 9.47 Å². The summed E-state index contributed by atoms with van der Waals surface area (Å²) in [4.78, 5) is 46.0. The molecule has 0 bridgehead atoms. The van der Waals surface area contributed by atoms with Gasteiger partial charge in [-0.25, -0.2) is 0 Å². The van der Waals surface area contributed by atoms with E-state index >= 15 is 4.79 Å². The van der Waals surface area contributed by atoms with Gasteiger partial charge in [0, 0.05) is 49.3 Å². The number of para-hydroxylation sites is 1. The molecular formula is C40H44F6N4O6S. The summed E-state index contributed by atoms with van der Waals surface area (Å²) < 4.78 is 95.8. The van der Waals surface area contributed by atoms with Crippen molar-refractivity contribution < 1.29 is 55.3 Å². The van der Waals surface area contributed by atoms with Crippen molar-refractivity contribution in [2.24, 2.45) is 5.41 Å². The lowest BCUT2D eigenvalue weighted by Gasteiger charge is -2.51. The van der Waals surface area contributed by atoms with Crippen LogP contribution in [0.15, 0.2) is 54.0 Å². The molecule has 308 valence electrons. The monoisotopic (exact) mass is 822 g/mol. The minimum Gasteiger partial charge on any atom is -0.493 e. The molecule has 2 fully saturated rings. The predicted octanol–water partition coefficient (Wildman–Crippen LogP) is 8.76. The van der Waals surface area contributed by atoms with Crippen LogP contribution in [0, 0.1) is 16.7 Å². The number of nitriles is 1. The molecule has 0 radical (unpaired) electrons. The number of rotatable bonds is 13. The Morgan fingerprint density at radius 2 is 1.72 bits per heavy atom. The second-order valence-corrected chi connectivity index (χ2v) is 16.0. The molecule has 2 amide bonds. The molecule has 2 atom stereocenters. The fourth-order valence-corrected chi connectivity index (χ4v) is 8.34. The van der Waals surface area contributed by atoms with E-state index in [1.807, 2.05) is 0 Å². The molecule has 5 rings (SSSR count). The summed E-state index contributed by atoms with van der Waals surface area (Å²) in [6.45, 7) is 5.12. The topological polar surface area (TPSA) is 133 Å².